The van der Waals surface area contributed by atoms with Crippen LogP contribution >= 0.6 is 24.2 Å². The van der Waals surface area contributed by atoms with Gasteiger partial charge in [-0.3, -0.25) is 9.89 Å². The van der Waals surface area contributed by atoms with Crippen LogP contribution in [0.4, 0.5) is 4.39 Å². The largest absolute Gasteiger partial charge is 0.346 e. The lowest BCUT2D eigenvalue weighted by Gasteiger charge is -2.25. The molecule has 2 aromatic rings. The van der Waals surface area contributed by atoms with Crippen molar-refractivity contribution in [3.05, 3.63) is 41.8 Å². The van der Waals surface area contributed by atoms with E-state index in [9.17, 15) is 9.18 Å². The first-order chi connectivity index (χ1) is 12.6. The predicted molar refractivity (Wildman–Crippen MR) is 111 cm³/mol. The number of amides is 1. The van der Waals surface area contributed by atoms with Gasteiger partial charge in [0.05, 0.1) is 5.69 Å². The van der Waals surface area contributed by atoms with Crippen LogP contribution in [-0.4, -0.2) is 58.7 Å². The highest BCUT2D eigenvalue weighted by Gasteiger charge is 2.18. The highest BCUT2D eigenvalue weighted by molar-refractivity contribution is 7.99. The van der Waals surface area contributed by atoms with Crippen LogP contribution in [0.1, 0.15) is 18.5 Å². The molecule has 1 aliphatic rings. The molecule has 1 aliphatic heterocycles. The monoisotopic (exact) mass is 412 g/mol. The standard InChI is InChI=1S/C19H25FN4OS.ClH/c1-24(19(25)12-17-13-26-9-7-21-17)8-3-6-16-11-18(23-22-16)14-4-2-5-15(20)10-14;/h2,4-5,10-11,17,21H,3,6-9,12-13H2,1H3,(H,22,23);1H. The molecule has 0 bridgehead atoms. The Kier molecular flexibility index (Phi) is 8.60. The number of aryl methyl sites for hydroxylation is 1. The van der Waals surface area contributed by atoms with E-state index in [1.165, 1.54) is 12.1 Å². The number of benzene rings is 1. The fourth-order valence-corrected chi connectivity index (χ4v) is 3.98. The third-order valence-electron chi connectivity index (χ3n) is 4.54. The Hall–Kier alpha value is -1.57. The van der Waals surface area contributed by atoms with E-state index in [-0.39, 0.29) is 24.1 Å². The Morgan fingerprint density at radius 1 is 1.41 bits per heavy atom. The summed E-state index contributed by atoms with van der Waals surface area (Å²) in [6.45, 7) is 1.70. The maximum atomic E-state index is 13.3. The van der Waals surface area contributed by atoms with Gasteiger partial charge < -0.3 is 10.2 Å². The van der Waals surface area contributed by atoms with Gasteiger partial charge >= 0.3 is 0 Å². The molecule has 1 unspecified atom stereocenters. The fourth-order valence-electron chi connectivity index (χ4n) is 3.03. The lowest BCUT2D eigenvalue weighted by Crippen LogP contribution is -2.42. The number of hydrogen-bond donors (Lipinski definition) is 2. The first-order valence-corrected chi connectivity index (χ1v) is 10.1. The van der Waals surface area contributed by atoms with Crippen LogP contribution < -0.4 is 5.32 Å². The van der Waals surface area contributed by atoms with Gasteiger partial charge in [-0.15, -0.1) is 12.4 Å². The average Bonchev–Trinajstić information content (AvgIpc) is 3.11. The molecule has 1 aromatic heterocycles. The van der Waals surface area contributed by atoms with Crippen LogP contribution in [-0.2, 0) is 11.2 Å². The van der Waals surface area contributed by atoms with Crippen LogP contribution in [0, 0.1) is 5.82 Å². The molecule has 2 N–H and O–H groups in total. The van der Waals surface area contributed by atoms with E-state index >= 15 is 0 Å². The molecule has 5 nitrogen and oxygen atoms in total. The summed E-state index contributed by atoms with van der Waals surface area (Å²) >= 11 is 1.91. The number of H-pyrrole nitrogens is 1. The smallest absolute Gasteiger partial charge is 0.223 e. The van der Waals surface area contributed by atoms with E-state index in [0.29, 0.717) is 19.0 Å². The zero-order chi connectivity index (χ0) is 18.4. The molecule has 27 heavy (non-hydrogen) atoms. The Labute approximate surface area is 169 Å². The van der Waals surface area contributed by atoms with E-state index in [2.05, 4.69) is 15.5 Å². The maximum absolute atomic E-state index is 13.3. The molecule has 0 aliphatic carbocycles. The molecular weight excluding hydrogens is 387 g/mol. The molecule has 0 radical (unpaired) electrons. The highest BCUT2D eigenvalue weighted by atomic mass is 35.5. The van der Waals surface area contributed by atoms with Crippen molar-refractivity contribution in [1.29, 1.82) is 0 Å². The Balaban J connectivity index is 0.00000261. The first-order valence-electron chi connectivity index (χ1n) is 8.97. The zero-order valence-electron chi connectivity index (χ0n) is 15.4. The van der Waals surface area contributed by atoms with E-state index in [1.54, 1.807) is 6.07 Å². The number of nitrogens with zero attached hydrogens (tertiary/aromatic N) is 2. The van der Waals surface area contributed by atoms with Gasteiger partial charge in [-0.05, 0) is 31.0 Å². The predicted octanol–water partition coefficient (Wildman–Crippen LogP) is 3.12. The summed E-state index contributed by atoms with van der Waals surface area (Å²) < 4.78 is 13.3. The molecule has 2 heterocycles. The van der Waals surface area contributed by atoms with Gasteiger partial charge in [0.15, 0.2) is 0 Å². The van der Waals surface area contributed by atoms with Crippen LogP contribution in [0.2, 0.25) is 0 Å². The second-order valence-electron chi connectivity index (χ2n) is 6.64. The molecule has 0 spiro atoms. The van der Waals surface area contributed by atoms with Gasteiger partial charge in [0, 0.05) is 55.4 Å². The Bertz CT molecular complexity index is 736. The first kappa shape index (κ1) is 21.7. The number of aromatic nitrogens is 2. The molecule has 1 saturated heterocycles. The SMILES string of the molecule is CN(CCCc1cc(-c2cccc(F)c2)n[nH]1)C(=O)CC1CSCCN1.Cl. The van der Waals surface area contributed by atoms with E-state index in [1.807, 2.05) is 35.8 Å². The Morgan fingerprint density at radius 3 is 3.00 bits per heavy atom. The molecule has 0 saturated carbocycles. The van der Waals surface area contributed by atoms with Crippen LogP contribution in [0.3, 0.4) is 0 Å². The number of thioether (sulfide) groups is 1. The lowest BCUT2D eigenvalue weighted by molar-refractivity contribution is -0.130. The summed E-state index contributed by atoms with van der Waals surface area (Å²) in [5.74, 6) is 2.06. The van der Waals surface area contributed by atoms with Crippen molar-refractivity contribution in [1.82, 2.24) is 20.4 Å². The summed E-state index contributed by atoms with van der Waals surface area (Å²) in [6.07, 6.45) is 2.23. The number of carbonyl (C=O) groups is 1. The van der Waals surface area contributed by atoms with Gasteiger partial charge in [-0.25, -0.2) is 4.39 Å². The molecule has 3 rings (SSSR count). The third-order valence-corrected chi connectivity index (χ3v) is 5.67. The average molecular weight is 413 g/mol. The second-order valence-corrected chi connectivity index (χ2v) is 7.79. The number of nitrogens with one attached hydrogen (secondary N) is 2. The highest BCUT2D eigenvalue weighted by Crippen LogP contribution is 2.19. The minimum atomic E-state index is -0.266. The Morgan fingerprint density at radius 2 is 2.26 bits per heavy atom. The normalized spacial score (nSPS) is 16.6. The van der Waals surface area contributed by atoms with Crippen LogP contribution in [0.25, 0.3) is 11.3 Å². The zero-order valence-corrected chi connectivity index (χ0v) is 17.0. The number of hydrogen-bond acceptors (Lipinski definition) is 4. The van der Waals surface area contributed by atoms with Gasteiger partial charge in [-0.1, -0.05) is 12.1 Å². The number of rotatable bonds is 7. The van der Waals surface area contributed by atoms with E-state index < -0.39 is 0 Å². The molecule has 1 amide bonds. The summed E-state index contributed by atoms with van der Waals surface area (Å²) in [5, 5.41) is 10.7. The topological polar surface area (TPSA) is 61.0 Å². The summed E-state index contributed by atoms with van der Waals surface area (Å²) in [7, 11) is 1.86. The summed E-state index contributed by atoms with van der Waals surface area (Å²) in [5.41, 5.74) is 2.50. The number of halogens is 2. The van der Waals surface area contributed by atoms with Crippen molar-refractivity contribution < 1.29 is 9.18 Å². The van der Waals surface area contributed by atoms with Gasteiger partial charge in [0.1, 0.15) is 5.82 Å². The van der Waals surface area contributed by atoms with E-state index in [0.717, 1.165) is 47.8 Å². The van der Waals surface area contributed by atoms with Crippen molar-refractivity contribution in [2.45, 2.75) is 25.3 Å². The van der Waals surface area contributed by atoms with Crippen LogP contribution in [0.15, 0.2) is 30.3 Å². The summed E-state index contributed by atoms with van der Waals surface area (Å²) in [6, 6.07) is 8.66. The molecule has 1 atom stereocenters. The number of aromatic amines is 1. The van der Waals surface area contributed by atoms with Gasteiger partial charge in [-0.2, -0.15) is 16.9 Å². The summed E-state index contributed by atoms with van der Waals surface area (Å²) in [4.78, 5) is 14.1. The van der Waals surface area contributed by atoms with Crippen molar-refractivity contribution in [3.8, 4) is 11.3 Å². The van der Waals surface area contributed by atoms with Gasteiger partial charge in [0.25, 0.3) is 0 Å². The molecule has 1 aromatic carbocycles. The van der Waals surface area contributed by atoms with Crippen molar-refractivity contribution in [2.24, 2.45) is 0 Å². The maximum Gasteiger partial charge on any atom is 0.223 e. The quantitative estimate of drug-likeness (QED) is 0.733. The minimum Gasteiger partial charge on any atom is -0.346 e. The fraction of sp³-hybridized carbons (Fsp3) is 0.474. The van der Waals surface area contributed by atoms with Crippen molar-refractivity contribution >= 4 is 30.1 Å². The second kappa shape index (κ2) is 10.7. The molecular formula is C19H26ClFN4OS. The molecule has 8 heteroatoms. The number of carbonyl (C=O) groups excluding carboxylic acids is 1. The third kappa shape index (κ3) is 6.52. The van der Waals surface area contributed by atoms with Crippen LogP contribution in [0.5, 0.6) is 0 Å². The van der Waals surface area contributed by atoms with Crippen molar-refractivity contribution in [2.75, 3.05) is 31.6 Å². The minimum absolute atomic E-state index is 0. The molecule has 148 valence electrons. The van der Waals surface area contributed by atoms with Gasteiger partial charge in [0.2, 0.25) is 5.91 Å². The van der Waals surface area contributed by atoms with Crippen molar-refractivity contribution in [3.63, 3.8) is 0 Å². The van der Waals surface area contributed by atoms with E-state index in [4.69, 9.17) is 0 Å². The molecule has 1 fully saturated rings. The lowest BCUT2D eigenvalue weighted by atomic mass is 10.1.